The van der Waals surface area contributed by atoms with Crippen molar-refractivity contribution in [3.05, 3.63) is 90.3 Å². The molecule has 0 aliphatic carbocycles. The lowest BCUT2D eigenvalue weighted by Gasteiger charge is -2.08. The molecule has 0 spiro atoms. The van der Waals surface area contributed by atoms with Gasteiger partial charge >= 0.3 is 0 Å². The van der Waals surface area contributed by atoms with Crippen molar-refractivity contribution in [2.75, 3.05) is 19.8 Å². The van der Waals surface area contributed by atoms with E-state index in [-0.39, 0.29) is 0 Å². The van der Waals surface area contributed by atoms with Gasteiger partial charge in [-0.25, -0.2) is 4.21 Å². The molecule has 1 atom stereocenters. The highest BCUT2D eigenvalue weighted by atomic mass is 32.2. The van der Waals surface area contributed by atoms with Gasteiger partial charge in [0.2, 0.25) is 11.1 Å². The first-order valence-corrected chi connectivity index (χ1v) is 9.74. The lowest BCUT2D eigenvalue weighted by atomic mass is 10.1. The molecule has 0 aliphatic rings. The molecule has 7 heteroatoms. The van der Waals surface area contributed by atoms with Gasteiger partial charge in [0, 0.05) is 32.0 Å². The van der Waals surface area contributed by atoms with Crippen LogP contribution >= 0.6 is 0 Å². The van der Waals surface area contributed by atoms with Crippen molar-refractivity contribution in [3.8, 4) is 11.8 Å². The van der Waals surface area contributed by atoms with E-state index < -0.39 is 11.1 Å². The van der Waals surface area contributed by atoms with Gasteiger partial charge in [0.15, 0.2) is 0 Å². The highest BCUT2D eigenvalue weighted by molar-refractivity contribution is 7.80. The Kier molecular flexibility index (Phi) is 9.79. The highest BCUT2D eigenvalue weighted by Gasteiger charge is 2.05. The van der Waals surface area contributed by atoms with Gasteiger partial charge in [-0.2, -0.15) is 5.26 Å². The second-order valence-electron chi connectivity index (χ2n) is 6.11. The predicted octanol–water partition coefficient (Wildman–Crippen LogP) is 3.74. The summed E-state index contributed by atoms with van der Waals surface area (Å²) in [6.07, 6.45) is 3.27. The van der Waals surface area contributed by atoms with E-state index >= 15 is 0 Å². The summed E-state index contributed by atoms with van der Waals surface area (Å²) in [5.41, 5.74) is 13.8. The minimum atomic E-state index is -1.50. The fourth-order valence-corrected chi connectivity index (χ4v) is 2.80. The maximum atomic E-state index is 11.8. The van der Waals surface area contributed by atoms with Crippen LogP contribution in [-0.2, 0) is 11.1 Å². The summed E-state index contributed by atoms with van der Waals surface area (Å²) < 4.78 is 17.0. The number of rotatable bonds is 6. The van der Waals surface area contributed by atoms with Crippen molar-refractivity contribution in [3.63, 3.8) is 0 Å². The first-order valence-electron chi connectivity index (χ1n) is 8.66. The number of hydrogen-bond acceptors (Lipinski definition) is 6. The van der Waals surface area contributed by atoms with Crippen LogP contribution in [0.15, 0.2) is 95.2 Å². The maximum absolute atomic E-state index is 11.8. The number of nitrogens with zero attached hydrogens (tertiary/aromatic N) is 2. The van der Waals surface area contributed by atoms with Crippen LogP contribution in [0.2, 0.25) is 0 Å². The quantitative estimate of drug-likeness (QED) is 0.427. The molecule has 0 heterocycles. The van der Waals surface area contributed by atoms with E-state index in [1.165, 1.54) is 6.08 Å². The Labute approximate surface area is 175 Å². The number of allylic oxidation sites excluding steroid dienone is 3. The molecule has 0 bridgehead atoms. The SMILES string of the molecule is C=C/C(C#N)=C(C)\C(N)=C/N(C)C.Nc1cccc(OS(=O)c2ccccc2)c1. The van der Waals surface area contributed by atoms with Gasteiger partial charge in [-0.1, -0.05) is 36.9 Å². The molecule has 2 aromatic carbocycles. The number of hydrogen-bond donors (Lipinski definition) is 2. The monoisotopic (exact) mass is 410 g/mol. The molecular weight excluding hydrogens is 384 g/mol. The van der Waals surface area contributed by atoms with Gasteiger partial charge in [0.05, 0.1) is 22.2 Å². The molecule has 0 aromatic heterocycles. The number of nitrogens with two attached hydrogens (primary N) is 2. The van der Waals surface area contributed by atoms with Crippen LogP contribution < -0.4 is 15.7 Å². The summed E-state index contributed by atoms with van der Waals surface area (Å²) in [7, 11) is 3.75. The molecule has 4 N–H and O–H groups in total. The summed E-state index contributed by atoms with van der Waals surface area (Å²) in [4.78, 5) is 2.46. The van der Waals surface area contributed by atoms with E-state index in [1.807, 2.05) is 43.3 Å². The van der Waals surface area contributed by atoms with E-state index in [1.54, 1.807) is 49.5 Å². The maximum Gasteiger partial charge on any atom is 0.240 e. The third-order valence-electron chi connectivity index (χ3n) is 3.52. The molecule has 1 unspecified atom stereocenters. The Bertz CT molecular complexity index is 945. The Hall–Kier alpha value is -3.50. The van der Waals surface area contributed by atoms with Crippen molar-refractivity contribution in [1.82, 2.24) is 4.90 Å². The van der Waals surface area contributed by atoms with Crippen LogP contribution in [0.5, 0.6) is 5.75 Å². The van der Waals surface area contributed by atoms with E-state index in [9.17, 15) is 4.21 Å². The molecule has 0 radical (unpaired) electrons. The van der Waals surface area contributed by atoms with Crippen molar-refractivity contribution >= 4 is 16.8 Å². The van der Waals surface area contributed by atoms with Gasteiger partial charge in [-0.15, -0.1) is 0 Å². The largest absolute Gasteiger partial charge is 0.399 e. The zero-order valence-corrected chi connectivity index (χ0v) is 17.6. The molecule has 6 nitrogen and oxygen atoms in total. The third-order valence-corrected chi connectivity index (χ3v) is 4.53. The lowest BCUT2D eigenvalue weighted by molar-refractivity contribution is 0.558. The van der Waals surface area contributed by atoms with Gasteiger partial charge in [-0.3, -0.25) is 0 Å². The number of benzene rings is 2. The van der Waals surface area contributed by atoms with Crippen molar-refractivity contribution in [2.45, 2.75) is 11.8 Å². The first kappa shape index (κ1) is 23.5. The summed E-state index contributed by atoms with van der Waals surface area (Å²) in [5.74, 6) is 0.502. The molecule has 0 fully saturated rings. The normalized spacial score (nSPS) is 12.4. The van der Waals surface area contributed by atoms with Crippen molar-refractivity contribution in [1.29, 1.82) is 5.26 Å². The van der Waals surface area contributed by atoms with Gasteiger partial charge in [0.25, 0.3) is 0 Å². The molecule has 29 heavy (non-hydrogen) atoms. The summed E-state index contributed by atoms with van der Waals surface area (Å²) >= 11 is -1.50. The minimum absolute atomic E-state index is 0.502. The predicted molar refractivity (Wildman–Crippen MR) is 119 cm³/mol. The Balaban J connectivity index is 0.000000298. The molecule has 152 valence electrons. The second-order valence-corrected chi connectivity index (χ2v) is 7.21. The first-order chi connectivity index (χ1) is 13.8. The van der Waals surface area contributed by atoms with E-state index in [4.69, 9.17) is 20.9 Å². The number of nitriles is 1. The van der Waals surface area contributed by atoms with Crippen LogP contribution in [0.3, 0.4) is 0 Å². The Morgan fingerprint density at radius 3 is 2.38 bits per heavy atom. The summed E-state index contributed by atoms with van der Waals surface area (Å²) in [6, 6.07) is 17.9. The summed E-state index contributed by atoms with van der Waals surface area (Å²) in [5, 5.41) is 8.70. The Morgan fingerprint density at radius 1 is 1.21 bits per heavy atom. The fourth-order valence-electron chi connectivity index (χ4n) is 2.05. The standard InChI is InChI=1S/C12H11NO2S.C10H15N3/c13-10-5-4-6-11(9-10)15-16(14)12-7-2-1-3-8-12;1-5-9(6-11)8(2)10(12)7-13(3)4/h1-9H,13H2;5,7H,1,12H2,2-4H3/b;9-8+,10-7+. The molecule has 2 rings (SSSR count). The van der Waals surface area contributed by atoms with E-state index in [2.05, 4.69) is 6.58 Å². The van der Waals surface area contributed by atoms with Crippen LogP contribution in [0.1, 0.15) is 6.92 Å². The zero-order chi connectivity index (χ0) is 21.8. The molecule has 0 saturated heterocycles. The average molecular weight is 411 g/mol. The molecule has 2 aromatic rings. The zero-order valence-electron chi connectivity index (χ0n) is 16.8. The van der Waals surface area contributed by atoms with E-state index in [0.29, 0.717) is 27.6 Å². The van der Waals surface area contributed by atoms with Gasteiger partial charge in [-0.05, 0) is 36.8 Å². The highest BCUT2D eigenvalue weighted by Crippen LogP contribution is 2.18. The molecule has 0 saturated carbocycles. The lowest BCUT2D eigenvalue weighted by Crippen LogP contribution is -2.09. The van der Waals surface area contributed by atoms with Crippen LogP contribution in [0.25, 0.3) is 0 Å². The average Bonchev–Trinajstić information content (AvgIpc) is 2.69. The van der Waals surface area contributed by atoms with Gasteiger partial charge in [0.1, 0.15) is 5.75 Å². The summed E-state index contributed by atoms with van der Waals surface area (Å²) in [6.45, 7) is 5.34. The minimum Gasteiger partial charge on any atom is -0.399 e. The second kappa shape index (κ2) is 12.1. The number of anilines is 1. The van der Waals surface area contributed by atoms with E-state index in [0.717, 1.165) is 5.57 Å². The fraction of sp³-hybridized carbons (Fsp3) is 0.136. The van der Waals surface area contributed by atoms with Gasteiger partial charge < -0.3 is 20.6 Å². The third kappa shape index (κ3) is 8.37. The molecule has 0 amide bonds. The van der Waals surface area contributed by atoms with Crippen molar-refractivity contribution in [2.24, 2.45) is 5.73 Å². The van der Waals surface area contributed by atoms with Crippen LogP contribution in [0, 0.1) is 11.3 Å². The molecular formula is C22H26N4O2S. The topological polar surface area (TPSA) is 105 Å². The Morgan fingerprint density at radius 2 is 1.86 bits per heavy atom. The number of nitrogen functional groups attached to an aromatic ring is 1. The smallest absolute Gasteiger partial charge is 0.240 e. The van der Waals surface area contributed by atoms with Crippen molar-refractivity contribution < 1.29 is 8.39 Å². The molecule has 0 aliphatic heterocycles. The van der Waals surface area contributed by atoms with Crippen LogP contribution in [-0.4, -0.2) is 23.2 Å². The van der Waals surface area contributed by atoms with Crippen LogP contribution in [0.4, 0.5) is 5.69 Å².